The van der Waals surface area contributed by atoms with Crippen LogP contribution >= 0.6 is 0 Å². The van der Waals surface area contributed by atoms with Gasteiger partial charge in [-0.25, -0.2) is 13.2 Å². The van der Waals surface area contributed by atoms with Gasteiger partial charge >= 0.3 is 5.69 Å². The van der Waals surface area contributed by atoms with Crippen molar-refractivity contribution in [2.24, 2.45) is 0 Å². The molecule has 1 N–H and O–H groups in total. The summed E-state index contributed by atoms with van der Waals surface area (Å²) < 4.78 is 28.0. The van der Waals surface area contributed by atoms with Crippen LogP contribution in [0.15, 0.2) is 38.9 Å². The number of amides is 1. The zero-order chi connectivity index (χ0) is 18.9. The van der Waals surface area contributed by atoms with Crippen LogP contribution in [0.25, 0.3) is 5.69 Å². The van der Waals surface area contributed by atoms with Crippen molar-refractivity contribution in [1.82, 2.24) is 24.0 Å². The monoisotopic (exact) mass is 379 g/mol. The highest BCUT2D eigenvalue weighted by atomic mass is 32.2. The SMILES string of the molecule is Cc1cc(-n2ncc(=O)[nH]c2=O)ccc1S(=O)(=O)N1CCN(C=O)CC1. The lowest BCUT2D eigenvalue weighted by Crippen LogP contribution is -2.48. The van der Waals surface area contributed by atoms with Crippen LogP contribution in [-0.2, 0) is 14.8 Å². The maximum atomic E-state index is 12.8. The third-order valence-corrected chi connectivity index (χ3v) is 6.22. The lowest BCUT2D eigenvalue weighted by atomic mass is 10.2. The van der Waals surface area contributed by atoms with E-state index in [1.807, 2.05) is 0 Å². The number of rotatable bonds is 4. The maximum Gasteiger partial charge on any atom is 0.349 e. The zero-order valence-electron chi connectivity index (χ0n) is 14.0. The molecule has 1 aliphatic heterocycles. The lowest BCUT2D eigenvalue weighted by Gasteiger charge is -2.32. The number of nitrogens with one attached hydrogen (secondary N) is 1. The summed E-state index contributed by atoms with van der Waals surface area (Å²) in [7, 11) is -3.72. The Morgan fingerprint density at radius 3 is 2.42 bits per heavy atom. The van der Waals surface area contributed by atoms with Crippen LogP contribution < -0.4 is 11.2 Å². The van der Waals surface area contributed by atoms with E-state index in [1.54, 1.807) is 6.92 Å². The van der Waals surface area contributed by atoms with E-state index >= 15 is 0 Å². The summed E-state index contributed by atoms with van der Waals surface area (Å²) >= 11 is 0. The van der Waals surface area contributed by atoms with Gasteiger partial charge in [0.25, 0.3) is 5.56 Å². The van der Waals surface area contributed by atoms with Gasteiger partial charge in [-0.2, -0.15) is 14.1 Å². The van der Waals surface area contributed by atoms with Crippen molar-refractivity contribution in [3.05, 3.63) is 50.8 Å². The molecule has 0 aliphatic carbocycles. The average molecular weight is 379 g/mol. The highest BCUT2D eigenvalue weighted by molar-refractivity contribution is 7.89. The Morgan fingerprint density at radius 1 is 1.15 bits per heavy atom. The fraction of sp³-hybridized carbons (Fsp3) is 0.333. The second-order valence-electron chi connectivity index (χ2n) is 5.85. The average Bonchev–Trinajstić information content (AvgIpc) is 2.61. The van der Waals surface area contributed by atoms with Crippen LogP contribution in [0.3, 0.4) is 0 Å². The van der Waals surface area contributed by atoms with Crippen LogP contribution in [0.1, 0.15) is 5.56 Å². The minimum absolute atomic E-state index is 0.123. The van der Waals surface area contributed by atoms with Crippen molar-refractivity contribution in [1.29, 1.82) is 0 Å². The third-order valence-electron chi connectivity index (χ3n) is 4.16. The fourth-order valence-electron chi connectivity index (χ4n) is 2.78. The first-order chi connectivity index (χ1) is 12.3. The predicted octanol–water partition coefficient (Wildman–Crippen LogP) is -1.31. The predicted molar refractivity (Wildman–Crippen MR) is 91.6 cm³/mol. The lowest BCUT2D eigenvalue weighted by molar-refractivity contribution is -0.119. The number of sulfonamides is 1. The van der Waals surface area contributed by atoms with Crippen molar-refractivity contribution in [2.45, 2.75) is 11.8 Å². The number of hydrogen-bond donors (Lipinski definition) is 1. The Morgan fingerprint density at radius 2 is 1.85 bits per heavy atom. The van der Waals surface area contributed by atoms with Crippen LogP contribution in [-0.4, -0.2) is 65.0 Å². The third kappa shape index (κ3) is 3.30. The van der Waals surface area contributed by atoms with E-state index in [2.05, 4.69) is 10.1 Å². The van der Waals surface area contributed by atoms with Gasteiger partial charge in [-0.15, -0.1) is 0 Å². The number of benzene rings is 1. The highest BCUT2D eigenvalue weighted by Gasteiger charge is 2.29. The number of carbonyl (C=O) groups is 1. The molecular weight excluding hydrogens is 362 g/mol. The minimum Gasteiger partial charge on any atom is -0.343 e. The first kappa shape index (κ1) is 18.0. The molecule has 26 heavy (non-hydrogen) atoms. The number of aromatic amines is 1. The molecule has 138 valence electrons. The molecule has 1 aromatic heterocycles. The van der Waals surface area contributed by atoms with E-state index in [0.717, 1.165) is 10.9 Å². The van der Waals surface area contributed by atoms with E-state index in [-0.39, 0.29) is 18.0 Å². The first-order valence-corrected chi connectivity index (χ1v) is 9.26. The second kappa shape index (κ2) is 6.84. The molecule has 0 radical (unpaired) electrons. The number of aromatic nitrogens is 3. The van der Waals surface area contributed by atoms with Crippen molar-refractivity contribution in [3.8, 4) is 5.69 Å². The van der Waals surface area contributed by atoms with Crippen LogP contribution in [0, 0.1) is 6.92 Å². The molecule has 2 aromatic rings. The first-order valence-electron chi connectivity index (χ1n) is 7.82. The van der Waals surface area contributed by atoms with Gasteiger partial charge in [0.1, 0.15) is 6.20 Å². The molecule has 0 bridgehead atoms. The van der Waals surface area contributed by atoms with Crippen LogP contribution in [0.4, 0.5) is 0 Å². The van der Waals surface area contributed by atoms with Crippen molar-refractivity contribution in [3.63, 3.8) is 0 Å². The van der Waals surface area contributed by atoms with E-state index in [9.17, 15) is 22.8 Å². The summed E-state index contributed by atoms with van der Waals surface area (Å²) in [6.07, 6.45) is 1.67. The Labute approximate surface area is 148 Å². The molecule has 0 unspecified atom stereocenters. The van der Waals surface area contributed by atoms with Crippen LogP contribution in [0.5, 0.6) is 0 Å². The van der Waals surface area contributed by atoms with Crippen LogP contribution in [0.2, 0.25) is 0 Å². The van der Waals surface area contributed by atoms with Gasteiger partial charge in [0.2, 0.25) is 16.4 Å². The number of carbonyl (C=O) groups excluding carboxylic acids is 1. The number of nitrogens with zero attached hydrogens (tertiary/aromatic N) is 4. The Balaban J connectivity index is 1.93. The molecule has 0 saturated carbocycles. The Hall–Kier alpha value is -2.79. The topological polar surface area (TPSA) is 125 Å². The molecular formula is C15H17N5O5S. The smallest absolute Gasteiger partial charge is 0.343 e. The van der Waals surface area contributed by atoms with Gasteiger partial charge in [0, 0.05) is 26.2 Å². The molecule has 2 heterocycles. The van der Waals surface area contributed by atoms with Gasteiger partial charge < -0.3 is 4.90 Å². The second-order valence-corrected chi connectivity index (χ2v) is 7.75. The summed E-state index contributed by atoms with van der Waals surface area (Å²) in [6.45, 7) is 2.76. The van der Waals surface area contributed by atoms with Crippen molar-refractivity contribution < 1.29 is 13.2 Å². The summed E-state index contributed by atoms with van der Waals surface area (Å²) in [4.78, 5) is 37.4. The normalized spacial score (nSPS) is 15.8. The van der Waals surface area contributed by atoms with Gasteiger partial charge in [0.05, 0.1) is 10.6 Å². The molecule has 1 aromatic carbocycles. The molecule has 11 heteroatoms. The zero-order valence-corrected chi connectivity index (χ0v) is 14.8. The largest absolute Gasteiger partial charge is 0.349 e. The standard InChI is InChI=1S/C15H17N5O5S/c1-11-8-12(20-15(23)17-14(22)9-16-20)2-3-13(11)26(24,25)19-6-4-18(10-21)5-7-19/h2-3,8-10H,4-7H2,1H3,(H,17,22,23). The van der Waals surface area contributed by atoms with E-state index in [4.69, 9.17) is 0 Å². The summed E-state index contributed by atoms with van der Waals surface area (Å²) in [5.74, 6) is 0. The quantitative estimate of drug-likeness (QED) is 0.658. The number of aryl methyl sites for hydroxylation is 1. The van der Waals surface area contributed by atoms with Gasteiger partial charge in [-0.05, 0) is 30.7 Å². The molecule has 1 saturated heterocycles. The van der Waals surface area contributed by atoms with Gasteiger partial charge in [-0.1, -0.05) is 0 Å². The molecule has 1 fully saturated rings. The summed E-state index contributed by atoms with van der Waals surface area (Å²) in [5.41, 5.74) is -0.539. The molecule has 3 rings (SSSR count). The molecule has 0 atom stereocenters. The number of piperazine rings is 1. The minimum atomic E-state index is -3.72. The van der Waals surface area contributed by atoms with E-state index in [0.29, 0.717) is 30.8 Å². The van der Waals surface area contributed by atoms with Gasteiger partial charge in [0.15, 0.2) is 0 Å². The van der Waals surface area contributed by atoms with Gasteiger partial charge in [-0.3, -0.25) is 14.6 Å². The Kier molecular flexibility index (Phi) is 4.74. The van der Waals surface area contributed by atoms with Crippen molar-refractivity contribution in [2.75, 3.05) is 26.2 Å². The molecule has 1 amide bonds. The highest BCUT2D eigenvalue weighted by Crippen LogP contribution is 2.22. The number of H-pyrrole nitrogens is 1. The maximum absolute atomic E-state index is 12.8. The van der Waals surface area contributed by atoms with E-state index < -0.39 is 21.3 Å². The van der Waals surface area contributed by atoms with Crippen molar-refractivity contribution >= 4 is 16.4 Å². The van der Waals surface area contributed by atoms with E-state index in [1.165, 1.54) is 27.4 Å². The fourth-order valence-corrected chi connectivity index (χ4v) is 4.41. The molecule has 0 spiro atoms. The summed E-state index contributed by atoms with van der Waals surface area (Å²) in [5, 5.41) is 3.75. The molecule has 10 nitrogen and oxygen atoms in total. The number of hydrogen-bond acceptors (Lipinski definition) is 6. The Bertz CT molecular complexity index is 1050. The molecule has 1 aliphatic rings. The summed E-state index contributed by atoms with van der Waals surface area (Å²) in [6, 6.07) is 4.38.